The van der Waals surface area contributed by atoms with E-state index in [0.29, 0.717) is 11.8 Å². The highest BCUT2D eigenvalue weighted by molar-refractivity contribution is 7.92. The molecule has 0 saturated heterocycles. The van der Waals surface area contributed by atoms with E-state index in [1.54, 1.807) is 0 Å². The Hall–Kier alpha value is -0.0900. The zero-order valence-corrected chi connectivity index (χ0v) is 12.8. The lowest BCUT2D eigenvalue weighted by Crippen LogP contribution is -2.30. The van der Waals surface area contributed by atoms with Crippen molar-refractivity contribution in [2.75, 3.05) is 12.3 Å². The first-order chi connectivity index (χ1) is 8.60. The summed E-state index contributed by atoms with van der Waals surface area (Å²) in [4.78, 5) is 0. The molecule has 0 heterocycles. The lowest BCUT2D eigenvalue weighted by Gasteiger charge is -2.22. The second-order valence-corrected chi connectivity index (χ2v) is 7.83. The van der Waals surface area contributed by atoms with Crippen molar-refractivity contribution in [3.05, 3.63) is 0 Å². The van der Waals surface area contributed by atoms with Crippen molar-refractivity contribution >= 4 is 9.84 Å². The monoisotopic (exact) mass is 275 g/mol. The Morgan fingerprint density at radius 2 is 1.83 bits per heavy atom. The van der Waals surface area contributed by atoms with Gasteiger partial charge in [-0.15, -0.1) is 0 Å². The predicted octanol–water partition coefficient (Wildman–Crippen LogP) is 2.90. The predicted molar refractivity (Wildman–Crippen MR) is 77.6 cm³/mol. The molecule has 1 unspecified atom stereocenters. The molecule has 0 aromatic carbocycles. The Morgan fingerprint density at radius 3 is 2.39 bits per heavy atom. The van der Waals surface area contributed by atoms with Crippen molar-refractivity contribution in [3.8, 4) is 0 Å². The van der Waals surface area contributed by atoms with Gasteiger partial charge in [-0.3, -0.25) is 0 Å². The Bertz CT molecular complexity index is 308. The molecule has 18 heavy (non-hydrogen) atoms. The first kappa shape index (κ1) is 16.0. The number of nitrogens with one attached hydrogen (secondary N) is 1. The zero-order valence-electron chi connectivity index (χ0n) is 12.0. The third kappa shape index (κ3) is 5.27. The van der Waals surface area contributed by atoms with Gasteiger partial charge in [0.1, 0.15) is 0 Å². The Kier molecular flexibility index (Phi) is 7.23. The zero-order chi connectivity index (χ0) is 13.4. The molecule has 3 nitrogen and oxygen atoms in total. The molecule has 1 aliphatic carbocycles. The van der Waals surface area contributed by atoms with Crippen molar-refractivity contribution in [1.29, 1.82) is 0 Å². The van der Waals surface area contributed by atoms with Crippen molar-refractivity contribution in [1.82, 2.24) is 5.32 Å². The normalized spacial score (nSPS) is 19.9. The van der Waals surface area contributed by atoms with Gasteiger partial charge in [0.05, 0.1) is 11.0 Å². The van der Waals surface area contributed by atoms with Crippen LogP contribution < -0.4 is 5.32 Å². The number of hydrogen-bond donors (Lipinski definition) is 1. The van der Waals surface area contributed by atoms with Gasteiger partial charge < -0.3 is 5.32 Å². The number of rotatable bonds is 8. The molecule has 0 aromatic rings. The lowest BCUT2D eigenvalue weighted by atomic mass is 10.0. The minimum Gasteiger partial charge on any atom is -0.314 e. The highest BCUT2D eigenvalue weighted by Gasteiger charge is 2.26. The van der Waals surface area contributed by atoms with Crippen LogP contribution >= 0.6 is 0 Å². The molecule has 1 saturated carbocycles. The molecule has 4 heteroatoms. The summed E-state index contributed by atoms with van der Waals surface area (Å²) in [5.74, 6) is 0.388. The summed E-state index contributed by atoms with van der Waals surface area (Å²) in [5, 5.41) is 3.37. The van der Waals surface area contributed by atoms with Crippen molar-refractivity contribution in [2.45, 2.75) is 76.5 Å². The molecule has 108 valence electrons. The van der Waals surface area contributed by atoms with Gasteiger partial charge in [0.2, 0.25) is 0 Å². The van der Waals surface area contributed by atoms with E-state index in [0.717, 1.165) is 51.5 Å². The molecule has 0 aliphatic heterocycles. The summed E-state index contributed by atoms with van der Waals surface area (Å²) in [5.41, 5.74) is 0. The van der Waals surface area contributed by atoms with Crippen LogP contribution in [0.25, 0.3) is 0 Å². The second-order valence-electron chi connectivity index (χ2n) is 5.43. The Morgan fingerprint density at radius 1 is 1.17 bits per heavy atom. The summed E-state index contributed by atoms with van der Waals surface area (Å²) in [6.45, 7) is 5.22. The molecule has 1 aliphatic rings. The highest BCUT2D eigenvalue weighted by atomic mass is 32.2. The summed E-state index contributed by atoms with van der Waals surface area (Å²) in [7, 11) is -2.83. The van der Waals surface area contributed by atoms with Crippen LogP contribution in [0.2, 0.25) is 0 Å². The summed E-state index contributed by atoms with van der Waals surface area (Å²) >= 11 is 0. The quantitative estimate of drug-likeness (QED) is 0.741. The minimum absolute atomic E-state index is 0.0366. The van der Waals surface area contributed by atoms with Gasteiger partial charge in [0, 0.05) is 6.04 Å². The smallest absolute Gasteiger partial charge is 0.153 e. The highest BCUT2D eigenvalue weighted by Crippen LogP contribution is 2.24. The van der Waals surface area contributed by atoms with Gasteiger partial charge in [-0.25, -0.2) is 8.42 Å². The van der Waals surface area contributed by atoms with Crippen LogP contribution in [0.4, 0.5) is 0 Å². The van der Waals surface area contributed by atoms with Gasteiger partial charge >= 0.3 is 0 Å². The molecule has 1 atom stereocenters. The molecule has 0 spiro atoms. The second kappa shape index (κ2) is 8.16. The van der Waals surface area contributed by atoms with E-state index in [-0.39, 0.29) is 5.25 Å². The van der Waals surface area contributed by atoms with Crippen LogP contribution in [-0.4, -0.2) is 32.0 Å². The van der Waals surface area contributed by atoms with Gasteiger partial charge in [-0.05, 0) is 38.6 Å². The molecular formula is C14H29NO2S. The van der Waals surface area contributed by atoms with E-state index in [9.17, 15) is 8.42 Å². The van der Waals surface area contributed by atoms with Gasteiger partial charge in [0.25, 0.3) is 0 Å². The van der Waals surface area contributed by atoms with E-state index >= 15 is 0 Å². The molecular weight excluding hydrogens is 246 g/mol. The number of hydrogen-bond acceptors (Lipinski definition) is 3. The molecule has 0 radical (unpaired) electrons. The SMILES string of the molecule is CCNC(CC)CCCS(=O)(=O)C1CCCCC1. The van der Waals surface area contributed by atoms with E-state index in [4.69, 9.17) is 0 Å². The topological polar surface area (TPSA) is 46.2 Å². The summed E-state index contributed by atoms with van der Waals surface area (Å²) in [6, 6.07) is 0.483. The average Bonchev–Trinajstić information content (AvgIpc) is 2.38. The fourth-order valence-corrected chi connectivity index (χ4v) is 4.81. The maximum absolute atomic E-state index is 12.2. The fourth-order valence-electron chi connectivity index (χ4n) is 2.86. The van der Waals surface area contributed by atoms with Crippen LogP contribution in [0.5, 0.6) is 0 Å². The number of sulfone groups is 1. The first-order valence-electron chi connectivity index (χ1n) is 7.55. The Balaban J connectivity index is 2.32. The molecule has 1 N–H and O–H groups in total. The van der Waals surface area contributed by atoms with Crippen molar-refractivity contribution in [3.63, 3.8) is 0 Å². The van der Waals surface area contributed by atoms with Crippen LogP contribution in [0.3, 0.4) is 0 Å². The molecule has 1 fully saturated rings. The fraction of sp³-hybridized carbons (Fsp3) is 1.00. The molecule has 0 aromatic heterocycles. The summed E-state index contributed by atoms with van der Waals surface area (Å²) in [6.07, 6.45) is 8.07. The van der Waals surface area contributed by atoms with Crippen LogP contribution in [0.15, 0.2) is 0 Å². The molecule has 1 rings (SSSR count). The largest absolute Gasteiger partial charge is 0.314 e. The van der Waals surface area contributed by atoms with Gasteiger partial charge in [-0.1, -0.05) is 33.1 Å². The third-order valence-corrected chi connectivity index (χ3v) is 6.37. The van der Waals surface area contributed by atoms with Crippen LogP contribution in [0.1, 0.15) is 65.2 Å². The first-order valence-corrected chi connectivity index (χ1v) is 9.26. The van der Waals surface area contributed by atoms with E-state index in [1.807, 2.05) is 0 Å². The molecule has 0 amide bonds. The maximum Gasteiger partial charge on any atom is 0.153 e. The average molecular weight is 275 g/mol. The molecule has 0 bridgehead atoms. The standard InChI is InChI=1S/C14H29NO2S/c1-3-13(15-4-2)9-8-12-18(16,17)14-10-6-5-7-11-14/h13-15H,3-12H2,1-2H3. The van der Waals surface area contributed by atoms with Gasteiger partial charge in [-0.2, -0.15) is 0 Å². The summed E-state index contributed by atoms with van der Waals surface area (Å²) < 4.78 is 24.4. The lowest BCUT2D eigenvalue weighted by molar-refractivity contribution is 0.466. The van der Waals surface area contributed by atoms with Crippen molar-refractivity contribution in [2.24, 2.45) is 0 Å². The van der Waals surface area contributed by atoms with Crippen LogP contribution in [0, 0.1) is 0 Å². The van der Waals surface area contributed by atoms with Crippen molar-refractivity contribution < 1.29 is 8.42 Å². The van der Waals surface area contributed by atoms with Crippen LogP contribution in [-0.2, 0) is 9.84 Å². The maximum atomic E-state index is 12.2. The van der Waals surface area contributed by atoms with E-state index in [2.05, 4.69) is 19.2 Å². The van der Waals surface area contributed by atoms with E-state index < -0.39 is 9.84 Å². The Labute approximate surface area is 113 Å². The third-order valence-electron chi connectivity index (χ3n) is 4.03. The van der Waals surface area contributed by atoms with E-state index in [1.165, 1.54) is 6.42 Å². The van der Waals surface area contributed by atoms with Gasteiger partial charge in [0.15, 0.2) is 9.84 Å². The minimum atomic E-state index is -2.83.